The Labute approximate surface area is 226 Å². The van der Waals surface area contributed by atoms with Crippen LogP contribution >= 0.6 is 12.4 Å². The van der Waals surface area contributed by atoms with Crippen molar-refractivity contribution in [2.75, 3.05) is 26.7 Å². The van der Waals surface area contributed by atoms with E-state index in [1.54, 1.807) is 7.05 Å². The second-order valence-corrected chi connectivity index (χ2v) is 10.9. The predicted octanol–water partition coefficient (Wildman–Crippen LogP) is 3.02. The van der Waals surface area contributed by atoms with Crippen LogP contribution in [0.1, 0.15) is 87.1 Å². The van der Waals surface area contributed by atoms with Gasteiger partial charge in [-0.05, 0) is 49.8 Å². The number of likely N-dealkylation sites (tertiary alicyclic amines) is 1. The van der Waals surface area contributed by atoms with Gasteiger partial charge in [0.25, 0.3) is 5.91 Å². The van der Waals surface area contributed by atoms with Gasteiger partial charge < -0.3 is 20.6 Å². The molecule has 3 aliphatic rings. The second kappa shape index (κ2) is 12.6. The van der Waals surface area contributed by atoms with Gasteiger partial charge in [0.15, 0.2) is 0 Å². The molecular weight excluding hydrogens is 492 g/mol. The number of rotatable bonds is 8. The summed E-state index contributed by atoms with van der Waals surface area (Å²) >= 11 is 0. The number of hydrogen-bond donors (Lipinski definition) is 3. The molecule has 3 fully saturated rings. The van der Waals surface area contributed by atoms with Crippen molar-refractivity contribution in [2.45, 2.75) is 94.9 Å². The van der Waals surface area contributed by atoms with Crippen molar-refractivity contribution >= 4 is 30.1 Å². The summed E-state index contributed by atoms with van der Waals surface area (Å²) in [7, 11) is 1.62. The highest BCUT2D eigenvalue weighted by molar-refractivity contribution is 6.00. The molecule has 1 aliphatic carbocycles. The van der Waals surface area contributed by atoms with Gasteiger partial charge in [0, 0.05) is 45.2 Å². The van der Waals surface area contributed by atoms with Gasteiger partial charge in [-0.3, -0.25) is 19.3 Å². The fourth-order valence-electron chi connectivity index (χ4n) is 6.19. The van der Waals surface area contributed by atoms with Crippen LogP contribution in [0, 0.1) is 0 Å². The molecule has 2 heterocycles. The number of piperidine rings is 1. The van der Waals surface area contributed by atoms with Crippen LogP contribution in [0.3, 0.4) is 0 Å². The number of unbranched alkanes of at least 4 members (excludes halogenated alkanes) is 1. The first kappa shape index (κ1) is 29.4. The number of nitrogens with one attached hydrogen (secondary N) is 2. The van der Waals surface area contributed by atoms with Crippen LogP contribution in [-0.2, 0) is 16.1 Å². The fourth-order valence-corrected chi connectivity index (χ4v) is 6.19. The normalized spacial score (nSPS) is 23.3. The molecule has 2 aliphatic heterocycles. The standard InChI is InChI=1S/C28H42N4O4.ClH/c1-3-4-16-32-25(34)23(19-27(36)12-6-5-7-13-27)30-26(35)28(32)14-17-31(18-15-28)20-21-8-10-22(11-9-21)24(33)29-2;/h8-11,23,36H,3-7,12-20H2,1-2H3,(H,29,33)(H,30,35);1H/t23-;/m1./s1. The minimum atomic E-state index is -0.858. The van der Waals surface area contributed by atoms with Crippen LogP contribution in [0.15, 0.2) is 24.3 Å². The molecule has 0 unspecified atom stereocenters. The first-order chi connectivity index (χ1) is 17.3. The maximum atomic E-state index is 13.7. The third kappa shape index (κ3) is 6.47. The minimum Gasteiger partial charge on any atom is -0.390 e. The highest BCUT2D eigenvalue weighted by atomic mass is 35.5. The van der Waals surface area contributed by atoms with Crippen molar-refractivity contribution in [1.29, 1.82) is 0 Å². The van der Waals surface area contributed by atoms with Gasteiger partial charge in [0.05, 0.1) is 5.60 Å². The molecule has 1 atom stereocenters. The van der Waals surface area contributed by atoms with Crippen molar-refractivity contribution in [3.63, 3.8) is 0 Å². The van der Waals surface area contributed by atoms with E-state index in [9.17, 15) is 19.5 Å². The number of carbonyl (C=O) groups excluding carboxylic acids is 3. The highest BCUT2D eigenvalue weighted by Crippen LogP contribution is 2.37. The first-order valence-corrected chi connectivity index (χ1v) is 13.7. The number of aliphatic hydroxyl groups is 1. The summed E-state index contributed by atoms with van der Waals surface area (Å²) < 4.78 is 0. The van der Waals surface area contributed by atoms with Gasteiger partial charge in [-0.15, -0.1) is 12.4 Å². The summed E-state index contributed by atoms with van der Waals surface area (Å²) in [4.78, 5) is 43.3. The van der Waals surface area contributed by atoms with Crippen molar-refractivity contribution < 1.29 is 19.5 Å². The number of nitrogens with zero attached hydrogens (tertiary/aromatic N) is 2. The van der Waals surface area contributed by atoms with E-state index in [2.05, 4.69) is 22.5 Å². The largest absolute Gasteiger partial charge is 0.390 e. The maximum Gasteiger partial charge on any atom is 0.251 e. The molecule has 8 nitrogen and oxygen atoms in total. The molecule has 0 bridgehead atoms. The van der Waals surface area contributed by atoms with Crippen molar-refractivity contribution in [1.82, 2.24) is 20.4 Å². The Morgan fingerprint density at radius 3 is 2.32 bits per heavy atom. The molecule has 0 radical (unpaired) electrons. The lowest BCUT2D eigenvalue weighted by Crippen LogP contribution is -2.73. The molecule has 1 saturated carbocycles. The number of halogens is 1. The maximum absolute atomic E-state index is 13.7. The smallest absolute Gasteiger partial charge is 0.251 e. The van der Waals surface area contributed by atoms with Crippen molar-refractivity contribution in [2.24, 2.45) is 0 Å². The Morgan fingerprint density at radius 1 is 1.08 bits per heavy atom. The van der Waals surface area contributed by atoms with Gasteiger partial charge in [-0.25, -0.2) is 0 Å². The number of benzene rings is 1. The fraction of sp³-hybridized carbons (Fsp3) is 0.679. The Balaban J connectivity index is 0.00000380. The van der Waals surface area contributed by atoms with Crippen LogP contribution in [-0.4, -0.2) is 76.5 Å². The van der Waals surface area contributed by atoms with E-state index in [-0.39, 0.29) is 30.1 Å². The Kier molecular flexibility index (Phi) is 10.0. The van der Waals surface area contributed by atoms with Crippen LogP contribution in [0.2, 0.25) is 0 Å². The first-order valence-electron chi connectivity index (χ1n) is 13.7. The summed E-state index contributed by atoms with van der Waals surface area (Å²) in [6.45, 7) is 4.86. The second-order valence-electron chi connectivity index (χ2n) is 10.9. The quantitative estimate of drug-likeness (QED) is 0.476. The van der Waals surface area contributed by atoms with E-state index in [0.29, 0.717) is 44.2 Å². The zero-order valence-corrected chi connectivity index (χ0v) is 23.1. The molecule has 206 valence electrons. The van der Waals surface area contributed by atoms with Gasteiger partial charge >= 0.3 is 0 Å². The van der Waals surface area contributed by atoms with Crippen molar-refractivity contribution in [3.05, 3.63) is 35.4 Å². The summed E-state index contributed by atoms with van der Waals surface area (Å²) in [5.41, 5.74) is 0.0859. The molecular formula is C28H43ClN4O4. The number of hydrogen-bond acceptors (Lipinski definition) is 5. The SMILES string of the molecule is CCCCN1C(=O)[C@@H](CC2(O)CCCCC2)NC(=O)C12CCN(Cc1ccc(C(=O)NC)cc1)CC2.Cl. The van der Waals surface area contributed by atoms with Crippen molar-refractivity contribution in [3.8, 4) is 0 Å². The van der Waals surface area contributed by atoms with Gasteiger partial charge in [-0.2, -0.15) is 0 Å². The molecule has 2 saturated heterocycles. The average molecular weight is 535 g/mol. The van der Waals surface area contributed by atoms with E-state index in [1.807, 2.05) is 29.2 Å². The van der Waals surface area contributed by atoms with E-state index < -0.39 is 17.2 Å². The van der Waals surface area contributed by atoms with Crippen LogP contribution < -0.4 is 10.6 Å². The van der Waals surface area contributed by atoms with E-state index in [4.69, 9.17) is 0 Å². The van der Waals surface area contributed by atoms with Gasteiger partial charge in [-0.1, -0.05) is 44.7 Å². The molecule has 37 heavy (non-hydrogen) atoms. The zero-order valence-electron chi connectivity index (χ0n) is 22.3. The lowest BCUT2D eigenvalue weighted by Gasteiger charge is -2.52. The van der Waals surface area contributed by atoms with E-state index >= 15 is 0 Å². The Morgan fingerprint density at radius 2 is 1.73 bits per heavy atom. The molecule has 1 aromatic rings. The van der Waals surface area contributed by atoms with Gasteiger partial charge in [0.1, 0.15) is 11.6 Å². The molecule has 1 spiro atoms. The molecule has 0 aromatic heterocycles. The molecule has 3 N–H and O–H groups in total. The van der Waals surface area contributed by atoms with E-state index in [1.165, 1.54) is 0 Å². The Bertz CT molecular complexity index is 940. The summed E-state index contributed by atoms with van der Waals surface area (Å²) in [6.07, 6.45) is 7.79. The number of piperazine rings is 1. The van der Waals surface area contributed by atoms with Gasteiger partial charge in [0.2, 0.25) is 11.8 Å². The molecule has 1 aromatic carbocycles. The lowest BCUT2D eigenvalue weighted by molar-refractivity contribution is -0.163. The monoisotopic (exact) mass is 534 g/mol. The van der Waals surface area contributed by atoms with E-state index in [0.717, 1.165) is 57.3 Å². The topological polar surface area (TPSA) is 102 Å². The van der Waals surface area contributed by atoms with Crippen LogP contribution in [0.5, 0.6) is 0 Å². The van der Waals surface area contributed by atoms with Crippen LogP contribution in [0.25, 0.3) is 0 Å². The third-order valence-electron chi connectivity index (χ3n) is 8.45. The average Bonchev–Trinajstić information content (AvgIpc) is 2.89. The highest BCUT2D eigenvalue weighted by Gasteiger charge is 2.54. The zero-order chi connectivity index (χ0) is 25.8. The molecule has 9 heteroatoms. The molecule has 4 rings (SSSR count). The third-order valence-corrected chi connectivity index (χ3v) is 8.45. The minimum absolute atomic E-state index is 0. The summed E-state index contributed by atoms with van der Waals surface area (Å²) in [6, 6.07) is 6.97. The molecule has 3 amide bonds. The summed E-state index contributed by atoms with van der Waals surface area (Å²) in [5, 5.41) is 16.8. The number of carbonyl (C=O) groups is 3. The Hall–Kier alpha value is -2.16. The van der Waals surface area contributed by atoms with Crippen LogP contribution in [0.4, 0.5) is 0 Å². The summed E-state index contributed by atoms with van der Waals surface area (Å²) in [5.74, 6) is -0.187. The number of amides is 3. The predicted molar refractivity (Wildman–Crippen MR) is 146 cm³/mol. The lowest BCUT2D eigenvalue weighted by atomic mass is 9.77.